The predicted octanol–water partition coefficient (Wildman–Crippen LogP) is 5.69. The molecule has 1 heterocycles. The summed E-state index contributed by atoms with van der Waals surface area (Å²) >= 11 is 1.70. The van der Waals surface area contributed by atoms with Gasteiger partial charge in [0.1, 0.15) is 0 Å². The molecule has 0 aliphatic carbocycles. The minimum atomic E-state index is 0.846. The molecule has 4 rings (SSSR count). The van der Waals surface area contributed by atoms with Crippen molar-refractivity contribution in [3.63, 3.8) is 0 Å². The summed E-state index contributed by atoms with van der Waals surface area (Å²) in [5.74, 6) is 0.873. The summed E-state index contributed by atoms with van der Waals surface area (Å²) in [7, 11) is 0. The van der Waals surface area contributed by atoms with Gasteiger partial charge in [0.2, 0.25) is 0 Å². The summed E-state index contributed by atoms with van der Waals surface area (Å²) in [5.41, 5.74) is 4.62. The summed E-state index contributed by atoms with van der Waals surface area (Å²) in [6.07, 6.45) is 0. The molecule has 2 nitrogen and oxygen atoms in total. The van der Waals surface area contributed by atoms with E-state index in [2.05, 4.69) is 79.5 Å². The second-order valence-corrected chi connectivity index (χ2v) is 6.98. The summed E-state index contributed by atoms with van der Waals surface area (Å²) in [5, 5.41) is 4.57. The zero-order valence-electron chi connectivity index (χ0n) is 13.8. The average molecular weight is 330 g/mol. The Balaban J connectivity index is 1.67. The van der Waals surface area contributed by atoms with Gasteiger partial charge in [-0.25, -0.2) is 9.97 Å². The lowest BCUT2D eigenvalue weighted by atomic mass is 10.1. The molecule has 0 N–H and O–H groups in total. The third kappa shape index (κ3) is 2.87. The SMILES string of the molecule is Cc1ccc2c(C)nc(SCc3cccc4ccccc34)nc2c1. The number of benzene rings is 3. The molecule has 0 radical (unpaired) electrons. The molecule has 3 aromatic carbocycles. The van der Waals surface area contributed by atoms with Gasteiger partial charge in [0.15, 0.2) is 5.16 Å². The van der Waals surface area contributed by atoms with Crippen molar-refractivity contribution in [3.05, 3.63) is 77.5 Å². The molecule has 0 atom stereocenters. The molecule has 0 saturated heterocycles. The molecule has 0 spiro atoms. The quantitative estimate of drug-likeness (QED) is 0.356. The number of rotatable bonds is 3. The van der Waals surface area contributed by atoms with Crippen LogP contribution in [0.2, 0.25) is 0 Å². The molecular weight excluding hydrogens is 312 g/mol. The van der Waals surface area contributed by atoms with Crippen molar-refractivity contribution in [2.24, 2.45) is 0 Å². The topological polar surface area (TPSA) is 25.8 Å². The van der Waals surface area contributed by atoms with Gasteiger partial charge in [-0.1, -0.05) is 66.4 Å². The van der Waals surface area contributed by atoms with Crippen LogP contribution in [0.15, 0.2) is 65.8 Å². The lowest BCUT2D eigenvalue weighted by Gasteiger charge is -2.08. The van der Waals surface area contributed by atoms with Gasteiger partial charge in [0.05, 0.1) is 5.52 Å². The second kappa shape index (κ2) is 6.25. The Morgan fingerprint density at radius 3 is 2.58 bits per heavy atom. The Bertz CT molecular complexity index is 1040. The standard InChI is InChI=1S/C21H18N2S/c1-14-10-11-18-15(2)22-21(23-20(18)12-14)24-13-17-8-5-7-16-6-3-4-9-19(16)17/h3-12H,13H2,1-2H3. The number of nitrogens with zero attached hydrogens (tertiary/aromatic N) is 2. The predicted molar refractivity (Wildman–Crippen MR) is 103 cm³/mol. The maximum Gasteiger partial charge on any atom is 0.188 e. The Morgan fingerprint density at radius 1 is 0.833 bits per heavy atom. The molecule has 0 fully saturated rings. The van der Waals surface area contributed by atoms with Gasteiger partial charge in [-0.2, -0.15) is 0 Å². The van der Waals surface area contributed by atoms with Gasteiger partial charge < -0.3 is 0 Å². The molecule has 0 aliphatic heterocycles. The van der Waals surface area contributed by atoms with Gasteiger partial charge in [-0.15, -0.1) is 0 Å². The molecule has 4 aromatic rings. The number of hydrogen-bond acceptors (Lipinski definition) is 3. The van der Waals surface area contributed by atoms with Crippen LogP contribution in [0, 0.1) is 13.8 Å². The molecule has 118 valence electrons. The van der Waals surface area contributed by atoms with E-state index >= 15 is 0 Å². The zero-order chi connectivity index (χ0) is 16.5. The normalized spacial score (nSPS) is 11.2. The van der Waals surface area contributed by atoms with Gasteiger partial charge in [0.25, 0.3) is 0 Å². The van der Waals surface area contributed by atoms with Crippen molar-refractivity contribution in [1.82, 2.24) is 9.97 Å². The summed E-state index contributed by atoms with van der Waals surface area (Å²) in [4.78, 5) is 9.42. The second-order valence-electron chi connectivity index (χ2n) is 6.04. The molecule has 0 saturated carbocycles. The largest absolute Gasteiger partial charge is 0.227 e. The van der Waals surface area contributed by atoms with Crippen molar-refractivity contribution in [2.75, 3.05) is 0 Å². The van der Waals surface area contributed by atoms with E-state index in [0.29, 0.717) is 0 Å². The minimum absolute atomic E-state index is 0.846. The Kier molecular flexibility index (Phi) is 3.95. The Labute approximate surface area is 146 Å². The maximum absolute atomic E-state index is 4.74. The van der Waals surface area contributed by atoms with Crippen LogP contribution in [0.5, 0.6) is 0 Å². The van der Waals surface area contributed by atoms with E-state index < -0.39 is 0 Å². The van der Waals surface area contributed by atoms with Crippen molar-refractivity contribution < 1.29 is 0 Å². The van der Waals surface area contributed by atoms with Crippen LogP contribution in [0.4, 0.5) is 0 Å². The summed E-state index contributed by atoms with van der Waals surface area (Å²) in [6.45, 7) is 4.15. The van der Waals surface area contributed by atoms with E-state index in [1.54, 1.807) is 11.8 Å². The minimum Gasteiger partial charge on any atom is -0.227 e. The van der Waals surface area contributed by atoms with E-state index in [1.165, 1.54) is 21.9 Å². The summed E-state index contributed by atoms with van der Waals surface area (Å²) in [6, 6.07) is 21.3. The first-order valence-electron chi connectivity index (χ1n) is 8.05. The number of hydrogen-bond donors (Lipinski definition) is 0. The van der Waals surface area contributed by atoms with E-state index in [-0.39, 0.29) is 0 Å². The molecule has 0 amide bonds. The van der Waals surface area contributed by atoms with E-state index in [1.807, 2.05) is 0 Å². The molecule has 3 heteroatoms. The van der Waals surface area contributed by atoms with Crippen LogP contribution in [0.25, 0.3) is 21.7 Å². The zero-order valence-corrected chi connectivity index (χ0v) is 14.6. The first-order chi connectivity index (χ1) is 11.7. The lowest BCUT2D eigenvalue weighted by molar-refractivity contribution is 0.968. The molecule has 1 aromatic heterocycles. The highest BCUT2D eigenvalue weighted by Crippen LogP contribution is 2.27. The first kappa shape index (κ1) is 15.2. The lowest BCUT2D eigenvalue weighted by Crippen LogP contribution is -1.94. The Hall–Kier alpha value is -2.39. The van der Waals surface area contributed by atoms with Crippen LogP contribution >= 0.6 is 11.8 Å². The molecule has 0 bridgehead atoms. The number of aromatic nitrogens is 2. The van der Waals surface area contributed by atoms with Crippen molar-refractivity contribution in [1.29, 1.82) is 0 Å². The van der Waals surface area contributed by atoms with Crippen LogP contribution in [-0.2, 0) is 5.75 Å². The average Bonchev–Trinajstić information content (AvgIpc) is 2.59. The fourth-order valence-electron chi connectivity index (χ4n) is 3.00. The Morgan fingerprint density at radius 2 is 1.67 bits per heavy atom. The number of fused-ring (bicyclic) bond motifs is 2. The van der Waals surface area contributed by atoms with E-state index in [4.69, 9.17) is 4.98 Å². The van der Waals surface area contributed by atoms with Crippen LogP contribution in [0.3, 0.4) is 0 Å². The monoisotopic (exact) mass is 330 g/mol. The van der Waals surface area contributed by atoms with Crippen molar-refractivity contribution in [2.45, 2.75) is 24.8 Å². The fourth-order valence-corrected chi connectivity index (χ4v) is 3.90. The van der Waals surface area contributed by atoms with Crippen LogP contribution in [-0.4, -0.2) is 9.97 Å². The molecule has 0 unspecified atom stereocenters. The summed E-state index contributed by atoms with van der Waals surface area (Å²) < 4.78 is 0. The number of thioether (sulfide) groups is 1. The van der Waals surface area contributed by atoms with Gasteiger partial charge >= 0.3 is 0 Å². The highest BCUT2D eigenvalue weighted by molar-refractivity contribution is 7.98. The highest BCUT2D eigenvalue weighted by atomic mass is 32.2. The highest BCUT2D eigenvalue weighted by Gasteiger charge is 2.07. The van der Waals surface area contributed by atoms with E-state index in [9.17, 15) is 0 Å². The third-order valence-corrected chi connectivity index (χ3v) is 5.16. The maximum atomic E-state index is 4.74. The molecule has 24 heavy (non-hydrogen) atoms. The van der Waals surface area contributed by atoms with Crippen LogP contribution in [0.1, 0.15) is 16.8 Å². The third-order valence-electron chi connectivity index (χ3n) is 4.26. The van der Waals surface area contributed by atoms with Gasteiger partial charge in [0, 0.05) is 16.8 Å². The first-order valence-corrected chi connectivity index (χ1v) is 9.04. The van der Waals surface area contributed by atoms with E-state index in [0.717, 1.165) is 27.5 Å². The van der Waals surface area contributed by atoms with Crippen molar-refractivity contribution >= 4 is 33.4 Å². The smallest absolute Gasteiger partial charge is 0.188 e. The van der Waals surface area contributed by atoms with Crippen molar-refractivity contribution in [3.8, 4) is 0 Å². The molecule has 0 aliphatic rings. The fraction of sp³-hybridized carbons (Fsp3) is 0.143. The van der Waals surface area contributed by atoms with Gasteiger partial charge in [-0.05, 0) is 41.8 Å². The van der Waals surface area contributed by atoms with Crippen LogP contribution < -0.4 is 0 Å². The molecular formula is C21H18N2S. The van der Waals surface area contributed by atoms with Gasteiger partial charge in [-0.3, -0.25) is 0 Å². The number of aryl methyl sites for hydroxylation is 2.